The van der Waals surface area contributed by atoms with Crippen molar-refractivity contribution in [3.63, 3.8) is 0 Å². The molecule has 5 heteroatoms. The molecule has 0 spiro atoms. The second-order valence-electron chi connectivity index (χ2n) is 5.39. The van der Waals surface area contributed by atoms with Crippen LogP contribution < -0.4 is 10.2 Å². The molecular weight excluding hydrogens is 282 g/mol. The van der Waals surface area contributed by atoms with Crippen molar-refractivity contribution in [2.75, 3.05) is 26.2 Å². The number of hydrogen-bond acceptors (Lipinski definition) is 4. The first-order valence-electron chi connectivity index (χ1n) is 7.50. The first-order valence-corrected chi connectivity index (χ1v) is 8.32. The fourth-order valence-electron chi connectivity index (χ4n) is 2.68. The maximum Gasteiger partial charge on any atom is 0.305 e. The molecule has 0 radical (unpaired) electrons. The fraction of sp³-hybridized carbons (Fsp3) is 0.438. The van der Waals surface area contributed by atoms with Crippen LogP contribution in [0.15, 0.2) is 29.1 Å². The van der Waals surface area contributed by atoms with Gasteiger partial charge in [-0.3, -0.25) is 9.69 Å². The van der Waals surface area contributed by atoms with E-state index >= 15 is 0 Å². The number of piperazine rings is 1. The Balaban J connectivity index is 1.85. The molecule has 1 aromatic carbocycles. The lowest BCUT2D eigenvalue weighted by atomic mass is 10.1. The lowest BCUT2D eigenvalue weighted by molar-refractivity contribution is 0.235. The summed E-state index contributed by atoms with van der Waals surface area (Å²) in [5.74, 6) is 0. The van der Waals surface area contributed by atoms with Gasteiger partial charge in [0.05, 0.1) is 5.69 Å². The standard InChI is InChI=1S/C16H21N3OS/c1-2-12-3-5-13(6-4-12)15-14(21-16(20)18-15)11-19-9-7-17-8-10-19/h3-6,17H,2,7-11H2,1H3,(H,18,20). The van der Waals surface area contributed by atoms with E-state index in [0.717, 1.165) is 55.3 Å². The Bertz CT molecular complexity index is 638. The molecule has 2 N–H and O–H groups in total. The summed E-state index contributed by atoms with van der Waals surface area (Å²) in [5.41, 5.74) is 3.42. The molecule has 2 aromatic rings. The highest BCUT2D eigenvalue weighted by molar-refractivity contribution is 7.09. The van der Waals surface area contributed by atoms with Gasteiger partial charge in [-0.25, -0.2) is 0 Å². The van der Waals surface area contributed by atoms with Crippen LogP contribution in [-0.4, -0.2) is 36.1 Å². The van der Waals surface area contributed by atoms with E-state index in [1.165, 1.54) is 16.9 Å². The summed E-state index contributed by atoms with van der Waals surface area (Å²) >= 11 is 1.34. The molecule has 1 saturated heterocycles. The van der Waals surface area contributed by atoms with E-state index in [0.29, 0.717) is 0 Å². The maximum absolute atomic E-state index is 11.8. The molecule has 112 valence electrons. The minimum absolute atomic E-state index is 0.0368. The molecule has 1 aliphatic heterocycles. The number of thiazole rings is 1. The minimum atomic E-state index is 0.0368. The minimum Gasteiger partial charge on any atom is -0.314 e. The van der Waals surface area contributed by atoms with Gasteiger partial charge in [0, 0.05) is 37.6 Å². The smallest absolute Gasteiger partial charge is 0.305 e. The molecule has 0 aliphatic carbocycles. The van der Waals surface area contributed by atoms with Crippen molar-refractivity contribution in [1.82, 2.24) is 15.2 Å². The normalized spacial score (nSPS) is 16.2. The van der Waals surface area contributed by atoms with Gasteiger partial charge in [0.25, 0.3) is 0 Å². The summed E-state index contributed by atoms with van der Waals surface area (Å²) in [4.78, 5) is 18.4. The zero-order valence-corrected chi connectivity index (χ0v) is 13.1. The monoisotopic (exact) mass is 303 g/mol. The van der Waals surface area contributed by atoms with Crippen LogP contribution in [0.3, 0.4) is 0 Å². The van der Waals surface area contributed by atoms with Gasteiger partial charge >= 0.3 is 4.87 Å². The second kappa shape index (κ2) is 6.56. The summed E-state index contributed by atoms with van der Waals surface area (Å²) in [7, 11) is 0. The summed E-state index contributed by atoms with van der Waals surface area (Å²) < 4.78 is 0. The van der Waals surface area contributed by atoms with Crippen molar-refractivity contribution in [1.29, 1.82) is 0 Å². The summed E-state index contributed by atoms with van der Waals surface area (Å²) in [5, 5.41) is 3.36. The summed E-state index contributed by atoms with van der Waals surface area (Å²) in [6.45, 7) is 7.15. The first-order chi connectivity index (χ1) is 10.3. The quantitative estimate of drug-likeness (QED) is 0.909. The van der Waals surface area contributed by atoms with Crippen LogP contribution in [0.4, 0.5) is 0 Å². The number of H-pyrrole nitrogens is 1. The maximum atomic E-state index is 11.8. The average Bonchev–Trinajstić information content (AvgIpc) is 2.89. The molecule has 0 saturated carbocycles. The number of aromatic nitrogens is 1. The zero-order chi connectivity index (χ0) is 14.7. The second-order valence-corrected chi connectivity index (χ2v) is 6.46. The van der Waals surface area contributed by atoms with E-state index in [9.17, 15) is 4.79 Å². The molecule has 21 heavy (non-hydrogen) atoms. The Morgan fingerprint density at radius 3 is 2.57 bits per heavy atom. The Kier molecular flexibility index (Phi) is 4.53. The molecule has 0 bridgehead atoms. The highest BCUT2D eigenvalue weighted by Gasteiger charge is 2.16. The highest BCUT2D eigenvalue weighted by Crippen LogP contribution is 2.25. The molecule has 2 heterocycles. The van der Waals surface area contributed by atoms with Crippen LogP contribution in [-0.2, 0) is 13.0 Å². The fourth-order valence-corrected chi connectivity index (χ4v) is 3.58. The molecule has 1 fully saturated rings. The summed E-state index contributed by atoms with van der Waals surface area (Å²) in [6.07, 6.45) is 1.04. The van der Waals surface area contributed by atoms with E-state index < -0.39 is 0 Å². The lowest BCUT2D eigenvalue weighted by Gasteiger charge is -2.26. The molecule has 0 unspecified atom stereocenters. The SMILES string of the molecule is CCc1ccc(-c2[nH]c(=O)sc2CN2CCNCC2)cc1. The number of nitrogens with zero attached hydrogens (tertiary/aromatic N) is 1. The van der Waals surface area contributed by atoms with Crippen LogP contribution in [0.5, 0.6) is 0 Å². The van der Waals surface area contributed by atoms with Gasteiger partial charge in [-0.1, -0.05) is 42.5 Å². The Hall–Kier alpha value is -1.43. The number of rotatable bonds is 4. The third kappa shape index (κ3) is 3.43. The third-order valence-corrected chi connectivity index (χ3v) is 4.82. The predicted octanol–water partition coefficient (Wildman–Crippen LogP) is 2.07. The molecule has 1 aliphatic rings. The number of nitrogens with one attached hydrogen (secondary N) is 2. The third-order valence-electron chi connectivity index (χ3n) is 3.95. The van der Waals surface area contributed by atoms with Gasteiger partial charge in [-0.15, -0.1) is 0 Å². The van der Waals surface area contributed by atoms with Gasteiger partial charge < -0.3 is 10.3 Å². The van der Waals surface area contributed by atoms with E-state index in [1.54, 1.807) is 0 Å². The zero-order valence-electron chi connectivity index (χ0n) is 12.3. The lowest BCUT2D eigenvalue weighted by Crippen LogP contribution is -2.42. The van der Waals surface area contributed by atoms with Crippen LogP contribution >= 0.6 is 11.3 Å². The van der Waals surface area contributed by atoms with Crippen molar-refractivity contribution in [3.05, 3.63) is 44.4 Å². The van der Waals surface area contributed by atoms with Crippen LogP contribution in [0, 0.1) is 0 Å². The average molecular weight is 303 g/mol. The largest absolute Gasteiger partial charge is 0.314 e. The number of aromatic amines is 1. The molecule has 4 nitrogen and oxygen atoms in total. The van der Waals surface area contributed by atoms with Gasteiger partial charge in [-0.05, 0) is 17.5 Å². The Morgan fingerprint density at radius 2 is 1.90 bits per heavy atom. The van der Waals surface area contributed by atoms with E-state index in [-0.39, 0.29) is 4.87 Å². The molecule has 1 aromatic heterocycles. The van der Waals surface area contributed by atoms with Crippen molar-refractivity contribution in [3.8, 4) is 11.3 Å². The molecule has 3 rings (SSSR count). The van der Waals surface area contributed by atoms with E-state index in [1.807, 2.05) is 0 Å². The van der Waals surface area contributed by atoms with Gasteiger partial charge in [0.15, 0.2) is 0 Å². The van der Waals surface area contributed by atoms with Gasteiger partial charge in [0.2, 0.25) is 0 Å². The first kappa shape index (κ1) is 14.5. The molecule has 0 atom stereocenters. The Morgan fingerprint density at radius 1 is 1.19 bits per heavy atom. The van der Waals surface area contributed by atoms with Gasteiger partial charge in [0.1, 0.15) is 0 Å². The van der Waals surface area contributed by atoms with Gasteiger partial charge in [-0.2, -0.15) is 0 Å². The number of aryl methyl sites for hydroxylation is 1. The molecule has 0 amide bonds. The molecular formula is C16H21N3OS. The van der Waals surface area contributed by atoms with Crippen LogP contribution in [0.1, 0.15) is 17.4 Å². The van der Waals surface area contributed by atoms with E-state index in [2.05, 4.69) is 46.4 Å². The van der Waals surface area contributed by atoms with E-state index in [4.69, 9.17) is 0 Å². The topological polar surface area (TPSA) is 48.1 Å². The van der Waals surface area contributed by atoms with Crippen molar-refractivity contribution in [2.24, 2.45) is 0 Å². The Labute approximate surface area is 128 Å². The van der Waals surface area contributed by atoms with Crippen LogP contribution in [0.2, 0.25) is 0 Å². The van der Waals surface area contributed by atoms with Crippen molar-refractivity contribution < 1.29 is 0 Å². The van der Waals surface area contributed by atoms with Crippen molar-refractivity contribution >= 4 is 11.3 Å². The van der Waals surface area contributed by atoms with Crippen molar-refractivity contribution in [2.45, 2.75) is 19.9 Å². The number of hydrogen-bond donors (Lipinski definition) is 2. The number of benzene rings is 1. The predicted molar refractivity (Wildman–Crippen MR) is 87.9 cm³/mol. The highest BCUT2D eigenvalue weighted by atomic mass is 32.1. The van der Waals surface area contributed by atoms with Crippen LogP contribution in [0.25, 0.3) is 11.3 Å². The summed E-state index contributed by atoms with van der Waals surface area (Å²) in [6, 6.07) is 8.50.